The predicted molar refractivity (Wildman–Crippen MR) is 61.9 cm³/mol. The average Bonchev–Trinajstić information content (AvgIpc) is 2.66. The van der Waals surface area contributed by atoms with Gasteiger partial charge in [0, 0.05) is 13.6 Å². The van der Waals surface area contributed by atoms with Gasteiger partial charge in [-0.3, -0.25) is 4.79 Å². The van der Waals surface area contributed by atoms with Crippen LogP contribution in [0.15, 0.2) is 16.8 Å². The Bertz CT molecular complexity index is 296. The zero-order valence-corrected chi connectivity index (χ0v) is 10.2. The molecule has 15 heavy (non-hydrogen) atoms. The van der Waals surface area contributed by atoms with E-state index in [0.29, 0.717) is 6.54 Å². The van der Waals surface area contributed by atoms with Crippen LogP contribution >= 0.6 is 11.3 Å². The SMILES string of the molecule is CC(C)OCC(=O)N(C)Cc1ccsc1. The van der Waals surface area contributed by atoms with Crippen LogP contribution in [0, 0.1) is 0 Å². The maximum absolute atomic E-state index is 11.6. The summed E-state index contributed by atoms with van der Waals surface area (Å²) in [6.45, 7) is 4.67. The van der Waals surface area contributed by atoms with Gasteiger partial charge in [-0.05, 0) is 36.2 Å². The molecule has 1 heterocycles. The van der Waals surface area contributed by atoms with Crippen LogP contribution in [0.4, 0.5) is 0 Å². The molecule has 1 aromatic heterocycles. The van der Waals surface area contributed by atoms with Crippen molar-refractivity contribution < 1.29 is 9.53 Å². The highest BCUT2D eigenvalue weighted by atomic mass is 32.1. The van der Waals surface area contributed by atoms with E-state index in [9.17, 15) is 4.79 Å². The number of carbonyl (C=O) groups excluding carboxylic acids is 1. The maximum Gasteiger partial charge on any atom is 0.248 e. The second kappa shape index (κ2) is 5.88. The first-order valence-corrected chi connectivity index (χ1v) is 5.90. The summed E-state index contributed by atoms with van der Waals surface area (Å²) in [7, 11) is 1.80. The van der Waals surface area contributed by atoms with Crippen LogP contribution in [0.3, 0.4) is 0 Å². The minimum absolute atomic E-state index is 0.0231. The van der Waals surface area contributed by atoms with Crippen molar-refractivity contribution in [3.8, 4) is 0 Å². The van der Waals surface area contributed by atoms with Crippen molar-refractivity contribution >= 4 is 17.2 Å². The molecule has 0 spiro atoms. The highest BCUT2D eigenvalue weighted by molar-refractivity contribution is 7.07. The largest absolute Gasteiger partial charge is 0.369 e. The van der Waals surface area contributed by atoms with Gasteiger partial charge in [-0.1, -0.05) is 0 Å². The molecule has 0 saturated carbocycles. The third-order valence-corrected chi connectivity index (χ3v) is 2.70. The Balaban J connectivity index is 2.33. The fourth-order valence-corrected chi connectivity index (χ4v) is 1.75. The van der Waals surface area contributed by atoms with Gasteiger partial charge in [-0.2, -0.15) is 11.3 Å². The van der Waals surface area contributed by atoms with Gasteiger partial charge in [-0.15, -0.1) is 0 Å². The van der Waals surface area contributed by atoms with Gasteiger partial charge in [0.25, 0.3) is 0 Å². The molecule has 0 unspecified atom stereocenters. The maximum atomic E-state index is 11.6. The van der Waals surface area contributed by atoms with Crippen LogP contribution in [-0.4, -0.2) is 30.6 Å². The number of thiophene rings is 1. The van der Waals surface area contributed by atoms with E-state index in [1.165, 1.54) is 5.56 Å². The number of amides is 1. The molecule has 1 rings (SSSR count). The van der Waals surface area contributed by atoms with Crippen LogP contribution in [0.25, 0.3) is 0 Å². The molecule has 3 nitrogen and oxygen atoms in total. The molecule has 0 radical (unpaired) electrons. The summed E-state index contributed by atoms with van der Waals surface area (Å²) in [5, 5.41) is 4.06. The normalized spacial score (nSPS) is 10.7. The van der Waals surface area contributed by atoms with E-state index in [1.54, 1.807) is 23.3 Å². The monoisotopic (exact) mass is 227 g/mol. The Kier molecular flexibility index (Phi) is 4.78. The van der Waals surface area contributed by atoms with Gasteiger partial charge in [-0.25, -0.2) is 0 Å². The number of carbonyl (C=O) groups is 1. The minimum Gasteiger partial charge on any atom is -0.369 e. The summed E-state index contributed by atoms with van der Waals surface area (Å²) in [6.07, 6.45) is 0.100. The lowest BCUT2D eigenvalue weighted by molar-refractivity contribution is -0.136. The smallest absolute Gasteiger partial charge is 0.248 e. The summed E-state index contributed by atoms with van der Waals surface area (Å²) < 4.78 is 5.26. The highest BCUT2D eigenvalue weighted by Gasteiger charge is 2.10. The Morgan fingerprint density at radius 3 is 2.87 bits per heavy atom. The average molecular weight is 227 g/mol. The van der Waals surface area contributed by atoms with Crippen molar-refractivity contribution in [2.75, 3.05) is 13.7 Å². The molecule has 4 heteroatoms. The van der Waals surface area contributed by atoms with Crippen LogP contribution < -0.4 is 0 Å². The fourth-order valence-electron chi connectivity index (χ4n) is 1.09. The fraction of sp³-hybridized carbons (Fsp3) is 0.545. The zero-order valence-electron chi connectivity index (χ0n) is 9.40. The molecular formula is C11H17NO2S. The van der Waals surface area contributed by atoms with Gasteiger partial charge < -0.3 is 9.64 Å². The number of nitrogens with zero attached hydrogens (tertiary/aromatic N) is 1. The molecule has 0 aliphatic heterocycles. The van der Waals surface area contributed by atoms with Crippen molar-refractivity contribution in [2.45, 2.75) is 26.5 Å². The van der Waals surface area contributed by atoms with Gasteiger partial charge in [0.05, 0.1) is 6.10 Å². The van der Waals surface area contributed by atoms with Gasteiger partial charge in [0.2, 0.25) is 5.91 Å². The summed E-state index contributed by atoms with van der Waals surface area (Å²) in [4.78, 5) is 13.3. The molecule has 0 aromatic carbocycles. The van der Waals surface area contributed by atoms with Crippen LogP contribution in [-0.2, 0) is 16.1 Å². The molecule has 0 aliphatic carbocycles. The Morgan fingerprint density at radius 2 is 2.33 bits per heavy atom. The van der Waals surface area contributed by atoms with E-state index in [0.717, 1.165) is 0 Å². The van der Waals surface area contributed by atoms with Crippen LogP contribution in [0.2, 0.25) is 0 Å². The molecule has 0 bridgehead atoms. The zero-order chi connectivity index (χ0) is 11.3. The number of hydrogen-bond acceptors (Lipinski definition) is 3. The second-order valence-electron chi connectivity index (χ2n) is 3.74. The summed E-state index contributed by atoms with van der Waals surface area (Å²) in [5.41, 5.74) is 1.17. The van der Waals surface area contributed by atoms with Crippen molar-refractivity contribution in [1.82, 2.24) is 4.90 Å². The Hall–Kier alpha value is -0.870. The second-order valence-corrected chi connectivity index (χ2v) is 4.52. The molecule has 1 amide bonds. The van der Waals surface area contributed by atoms with Crippen LogP contribution in [0.5, 0.6) is 0 Å². The Labute approximate surface area is 94.7 Å². The lowest BCUT2D eigenvalue weighted by atomic mass is 10.3. The van der Waals surface area contributed by atoms with E-state index in [2.05, 4.69) is 0 Å². The molecule has 0 aliphatic rings. The molecule has 1 aromatic rings. The molecule has 84 valence electrons. The first-order valence-electron chi connectivity index (χ1n) is 4.96. The van der Waals surface area contributed by atoms with E-state index in [4.69, 9.17) is 4.74 Å². The van der Waals surface area contributed by atoms with Crippen molar-refractivity contribution in [2.24, 2.45) is 0 Å². The lowest BCUT2D eigenvalue weighted by Gasteiger charge is -2.17. The lowest BCUT2D eigenvalue weighted by Crippen LogP contribution is -2.30. The van der Waals surface area contributed by atoms with E-state index in [1.807, 2.05) is 30.7 Å². The first kappa shape index (κ1) is 12.2. The quantitative estimate of drug-likeness (QED) is 0.771. The summed E-state index contributed by atoms with van der Waals surface area (Å²) in [6, 6.07) is 2.03. The van der Waals surface area contributed by atoms with Crippen LogP contribution in [0.1, 0.15) is 19.4 Å². The van der Waals surface area contributed by atoms with Gasteiger partial charge in [0.1, 0.15) is 6.61 Å². The van der Waals surface area contributed by atoms with E-state index in [-0.39, 0.29) is 18.6 Å². The number of ether oxygens (including phenoxy) is 1. The van der Waals surface area contributed by atoms with Crippen molar-refractivity contribution in [1.29, 1.82) is 0 Å². The van der Waals surface area contributed by atoms with E-state index < -0.39 is 0 Å². The Morgan fingerprint density at radius 1 is 1.60 bits per heavy atom. The third kappa shape index (κ3) is 4.44. The third-order valence-electron chi connectivity index (χ3n) is 1.97. The number of hydrogen-bond donors (Lipinski definition) is 0. The van der Waals surface area contributed by atoms with Gasteiger partial charge >= 0.3 is 0 Å². The molecule has 0 saturated heterocycles. The molecule has 0 atom stereocenters. The topological polar surface area (TPSA) is 29.5 Å². The molecular weight excluding hydrogens is 210 g/mol. The van der Waals surface area contributed by atoms with Gasteiger partial charge in [0.15, 0.2) is 0 Å². The predicted octanol–water partition coefficient (Wildman–Crippen LogP) is 2.13. The molecule has 0 fully saturated rings. The van der Waals surface area contributed by atoms with E-state index >= 15 is 0 Å². The first-order chi connectivity index (χ1) is 7.09. The minimum atomic E-state index is 0.0231. The molecule has 0 N–H and O–H groups in total. The summed E-state index contributed by atoms with van der Waals surface area (Å²) >= 11 is 1.64. The summed E-state index contributed by atoms with van der Waals surface area (Å²) in [5.74, 6) is 0.0231. The highest BCUT2D eigenvalue weighted by Crippen LogP contribution is 2.08. The standard InChI is InChI=1S/C11H17NO2S/c1-9(2)14-7-11(13)12(3)6-10-4-5-15-8-10/h4-5,8-9H,6-7H2,1-3H3. The number of rotatable bonds is 5. The number of likely N-dealkylation sites (N-methyl/N-ethyl adjacent to an activating group) is 1. The van der Waals surface area contributed by atoms with Crippen molar-refractivity contribution in [3.05, 3.63) is 22.4 Å². The van der Waals surface area contributed by atoms with Crippen molar-refractivity contribution in [3.63, 3.8) is 0 Å².